The minimum absolute atomic E-state index is 0.166. The Kier molecular flexibility index (Phi) is 6.17. The zero-order chi connectivity index (χ0) is 20.3. The molecule has 0 spiro atoms. The van der Waals surface area contributed by atoms with E-state index in [-0.39, 0.29) is 11.7 Å². The monoisotopic (exact) mass is 386 g/mol. The van der Waals surface area contributed by atoms with Gasteiger partial charge in [-0.05, 0) is 42.7 Å². The lowest BCUT2D eigenvalue weighted by Gasteiger charge is -2.36. The van der Waals surface area contributed by atoms with Crippen molar-refractivity contribution in [3.05, 3.63) is 46.3 Å². The minimum atomic E-state index is -0.895. The predicted molar refractivity (Wildman–Crippen MR) is 104 cm³/mol. The maximum absolute atomic E-state index is 12.2. The molecule has 0 aliphatic heterocycles. The number of benzene rings is 1. The van der Waals surface area contributed by atoms with Crippen LogP contribution in [-0.4, -0.2) is 24.6 Å². The first-order chi connectivity index (χ1) is 13.3. The van der Waals surface area contributed by atoms with Crippen molar-refractivity contribution in [2.24, 2.45) is 17.8 Å². The number of hydrogen-bond acceptors (Lipinski definition) is 6. The minimum Gasteiger partial charge on any atom is -0.460 e. The van der Waals surface area contributed by atoms with Crippen LogP contribution in [0.5, 0.6) is 0 Å². The highest BCUT2D eigenvalue weighted by molar-refractivity contribution is 5.93. The van der Waals surface area contributed by atoms with Crippen molar-refractivity contribution in [1.82, 2.24) is 0 Å². The molecular formula is C22H26O6. The molecule has 1 saturated carbocycles. The van der Waals surface area contributed by atoms with Crippen LogP contribution in [0.15, 0.2) is 39.5 Å². The number of ether oxygens (including phenoxy) is 2. The molecular weight excluding hydrogens is 360 g/mol. The number of carbonyl (C=O) groups excluding carboxylic acids is 2. The molecule has 1 aliphatic carbocycles. The first kappa shape index (κ1) is 20.1. The molecule has 1 aromatic heterocycles. The van der Waals surface area contributed by atoms with Crippen molar-refractivity contribution in [2.45, 2.75) is 46.1 Å². The number of rotatable bonds is 5. The second-order valence-corrected chi connectivity index (χ2v) is 7.92. The molecule has 150 valence electrons. The first-order valence-corrected chi connectivity index (χ1v) is 9.74. The second kappa shape index (κ2) is 8.59. The number of carbonyl (C=O) groups is 2. The summed E-state index contributed by atoms with van der Waals surface area (Å²) in [5.41, 5.74) is -0.648. The average Bonchev–Trinajstić information content (AvgIpc) is 2.65. The molecule has 6 nitrogen and oxygen atoms in total. The lowest BCUT2D eigenvalue weighted by atomic mass is 9.75. The SMILES string of the molecule is CC(C)[C@H]1CC[C@@H](C)C[C@H]1OC(=O)COC(=O)c1cc2ccccc2oc1=O. The fourth-order valence-corrected chi connectivity index (χ4v) is 3.86. The Morgan fingerprint density at radius 2 is 1.96 bits per heavy atom. The predicted octanol–water partition coefficient (Wildman–Crippen LogP) is 3.95. The largest absolute Gasteiger partial charge is 0.460 e. The second-order valence-electron chi connectivity index (χ2n) is 7.92. The van der Waals surface area contributed by atoms with Crippen molar-refractivity contribution in [3.63, 3.8) is 0 Å². The Labute approximate surface area is 163 Å². The number of hydrogen-bond donors (Lipinski definition) is 0. The maximum atomic E-state index is 12.2. The normalized spacial score (nSPS) is 22.2. The highest BCUT2D eigenvalue weighted by Crippen LogP contribution is 2.35. The molecule has 2 aromatic rings. The summed E-state index contributed by atoms with van der Waals surface area (Å²) in [6.07, 6.45) is 2.80. The molecule has 0 saturated heterocycles. The quantitative estimate of drug-likeness (QED) is 0.571. The Balaban J connectivity index is 1.62. The van der Waals surface area contributed by atoms with Gasteiger partial charge >= 0.3 is 17.6 Å². The molecule has 0 N–H and O–H groups in total. The Bertz CT molecular complexity index is 913. The molecule has 6 heteroatoms. The van der Waals surface area contributed by atoms with Gasteiger partial charge in [0.25, 0.3) is 0 Å². The van der Waals surface area contributed by atoms with Gasteiger partial charge in [0.2, 0.25) is 0 Å². The summed E-state index contributed by atoms with van der Waals surface area (Å²) in [6.45, 7) is 5.87. The highest BCUT2D eigenvalue weighted by Gasteiger charge is 2.33. The van der Waals surface area contributed by atoms with E-state index in [1.165, 1.54) is 6.07 Å². The van der Waals surface area contributed by atoms with E-state index in [2.05, 4.69) is 20.8 Å². The van der Waals surface area contributed by atoms with Crippen molar-refractivity contribution < 1.29 is 23.5 Å². The molecule has 0 radical (unpaired) electrons. The third-order valence-electron chi connectivity index (χ3n) is 5.43. The smallest absolute Gasteiger partial charge is 0.351 e. The van der Waals surface area contributed by atoms with Crippen molar-refractivity contribution in [3.8, 4) is 0 Å². The third-order valence-corrected chi connectivity index (χ3v) is 5.43. The Morgan fingerprint density at radius 1 is 1.21 bits per heavy atom. The van der Waals surface area contributed by atoms with Crippen LogP contribution in [0.1, 0.15) is 50.4 Å². The van der Waals surface area contributed by atoms with Crippen LogP contribution in [0.2, 0.25) is 0 Å². The van der Waals surface area contributed by atoms with Gasteiger partial charge in [-0.15, -0.1) is 0 Å². The Morgan fingerprint density at radius 3 is 2.71 bits per heavy atom. The van der Waals surface area contributed by atoms with Crippen LogP contribution >= 0.6 is 0 Å². The molecule has 0 unspecified atom stereocenters. The van der Waals surface area contributed by atoms with Gasteiger partial charge in [-0.2, -0.15) is 0 Å². The van der Waals surface area contributed by atoms with E-state index in [1.54, 1.807) is 24.3 Å². The van der Waals surface area contributed by atoms with Gasteiger partial charge in [-0.1, -0.05) is 45.4 Å². The molecule has 28 heavy (non-hydrogen) atoms. The van der Waals surface area contributed by atoms with Crippen LogP contribution in [0, 0.1) is 17.8 Å². The zero-order valence-corrected chi connectivity index (χ0v) is 16.5. The summed E-state index contributed by atoms with van der Waals surface area (Å²) in [4.78, 5) is 36.5. The molecule has 0 amide bonds. The average molecular weight is 386 g/mol. The van der Waals surface area contributed by atoms with Gasteiger partial charge in [0.1, 0.15) is 17.3 Å². The van der Waals surface area contributed by atoms with Crippen LogP contribution in [0.25, 0.3) is 11.0 Å². The van der Waals surface area contributed by atoms with Crippen molar-refractivity contribution in [2.75, 3.05) is 6.61 Å². The van der Waals surface area contributed by atoms with Crippen LogP contribution in [0.3, 0.4) is 0 Å². The van der Waals surface area contributed by atoms with Crippen LogP contribution < -0.4 is 5.63 Å². The standard InChI is InChI=1S/C22H26O6/c1-13(2)16-9-8-14(3)10-19(16)27-20(23)12-26-21(24)17-11-15-6-4-5-7-18(15)28-22(17)25/h4-7,11,13-14,16,19H,8-10,12H2,1-3H3/t14-,16-,19-/m1/s1. The summed E-state index contributed by atoms with van der Waals surface area (Å²) in [5, 5.41) is 0.604. The summed E-state index contributed by atoms with van der Waals surface area (Å²) in [5.74, 6) is -0.270. The van der Waals surface area contributed by atoms with Crippen molar-refractivity contribution in [1.29, 1.82) is 0 Å². The molecule has 1 fully saturated rings. The van der Waals surface area contributed by atoms with E-state index in [0.717, 1.165) is 19.3 Å². The van der Waals surface area contributed by atoms with E-state index in [1.807, 2.05) is 0 Å². The van der Waals surface area contributed by atoms with Gasteiger partial charge < -0.3 is 13.9 Å². The molecule has 1 heterocycles. The molecule has 3 atom stereocenters. The highest BCUT2D eigenvalue weighted by atomic mass is 16.6. The van der Waals surface area contributed by atoms with E-state index in [9.17, 15) is 14.4 Å². The van der Waals surface area contributed by atoms with Crippen molar-refractivity contribution >= 4 is 22.9 Å². The number of para-hydroxylation sites is 1. The maximum Gasteiger partial charge on any atom is 0.351 e. The molecule has 0 bridgehead atoms. The zero-order valence-electron chi connectivity index (χ0n) is 16.5. The summed E-state index contributed by atoms with van der Waals surface area (Å²) in [6, 6.07) is 8.27. The molecule has 3 rings (SSSR count). The summed E-state index contributed by atoms with van der Waals surface area (Å²) < 4.78 is 15.7. The van der Waals surface area contributed by atoms with Gasteiger partial charge in [-0.3, -0.25) is 0 Å². The van der Waals surface area contributed by atoms with Crippen LogP contribution in [-0.2, 0) is 14.3 Å². The lowest BCUT2D eigenvalue weighted by molar-refractivity contribution is -0.159. The first-order valence-electron chi connectivity index (χ1n) is 9.74. The van der Waals surface area contributed by atoms with Crippen LogP contribution in [0.4, 0.5) is 0 Å². The van der Waals surface area contributed by atoms with E-state index >= 15 is 0 Å². The molecule has 1 aliphatic rings. The van der Waals surface area contributed by atoms with E-state index < -0.39 is 24.2 Å². The summed E-state index contributed by atoms with van der Waals surface area (Å²) >= 11 is 0. The summed E-state index contributed by atoms with van der Waals surface area (Å²) in [7, 11) is 0. The fourth-order valence-electron chi connectivity index (χ4n) is 3.86. The van der Waals surface area contributed by atoms with Gasteiger partial charge in [0.15, 0.2) is 6.61 Å². The van der Waals surface area contributed by atoms with Gasteiger partial charge in [0, 0.05) is 5.39 Å². The van der Waals surface area contributed by atoms with Gasteiger partial charge in [-0.25, -0.2) is 14.4 Å². The topological polar surface area (TPSA) is 82.8 Å². The fraction of sp³-hybridized carbons (Fsp3) is 0.500. The van der Waals surface area contributed by atoms with Gasteiger partial charge in [0.05, 0.1) is 0 Å². The van der Waals surface area contributed by atoms with E-state index in [0.29, 0.717) is 28.7 Å². The van der Waals surface area contributed by atoms with E-state index in [4.69, 9.17) is 13.9 Å². The number of esters is 2. The lowest BCUT2D eigenvalue weighted by Crippen LogP contribution is -2.37. The molecule has 1 aromatic carbocycles. The third kappa shape index (κ3) is 4.61. The number of fused-ring (bicyclic) bond motifs is 1. The Hall–Kier alpha value is -2.63.